The Labute approximate surface area is 125 Å². The zero-order valence-corrected chi connectivity index (χ0v) is 12.9. The molecule has 1 aromatic rings. The molecule has 0 aromatic heterocycles. The highest BCUT2D eigenvalue weighted by atomic mass is 35.5. The molecule has 1 heterocycles. The van der Waals surface area contributed by atoms with Crippen LogP contribution in [-0.2, 0) is 16.6 Å². The zero-order chi connectivity index (χ0) is 14.2. The summed E-state index contributed by atoms with van der Waals surface area (Å²) in [6.45, 7) is 1.90. The van der Waals surface area contributed by atoms with Gasteiger partial charge in [0.1, 0.15) is 4.90 Å². The third kappa shape index (κ3) is 3.01. The predicted molar refractivity (Wildman–Crippen MR) is 79.3 cm³/mol. The van der Waals surface area contributed by atoms with Crippen LogP contribution in [0.1, 0.15) is 31.2 Å². The van der Waals surface area contributed by atoms with Crippen molar-refractivity contribution >= 4 is 21.6 Å². The van der Waals surface area contributed by atoms with E-state index in [2.05, 4.69) is 5.32 Å². The predicted octanol–water partition coefficient (Wildman–Crippen LogP) is 2.38. The van der Waals surface area contributed by atoms with E-state index in [-0.39, 0.29) is 4.90 Å². The summed E-state index contributed by atoms with van der Waals surface area (Å²) in [6.07, 6.45) is 4.29. The summed E-state index contributed by atoms with van der Waals surface area (Å²) >= 11 is 6.11. The number of sulfonamides is 1. The van der Waals surface area contributed by atoms with Gasteiger partial charge in [0.25, 0.3) is 0 Å². The lowest BCUT2D eigenvalue weighted by molar-refractivity contribution is 0.477. The minimum absolute atomic E-state index is 0.246. The highest BCUT2D eigenvalue weighted by Crippen LogP contribution is 2.28. The molecular weight excluding hydrogens is 296 g/mol. The number of nitrogens with one attached hydrogen (secondary N) is 1. The monoisotopic (exact) mass is 314 g/mol. The number of nitrogens with zero attached hydrogens (tertiary/aromatic N) is 1. The Balaban J connectivity index is 1.84. The van der Waals surface area contributed by atoms with Crippen LogP contribution in [0.15, 0.2) is 23.1 Å². The molecule has 2 fully saturated rings. The van der Waals surface area contributed by atoms with Crippen LogP contribution in [-0.4, -0.2) is 31.9 Å². The molecule has 0 radical (unpaired) electrons. The third-order valence-electron chi connectivity index (χ3n) is 3.85. The molecule has 3 rings (SSSR count). The van der Waals surface area contributed by atoms with E-state index in [1.54, 1.807) is 12.1 Å². The summed E-state index contributed by atoms with van der Waals surface area (Å²) in [5.74, 6) is 0. The van der Waals surface area contributed by atoms with Gasteiger partial charge >= 0.3 is 0 Å². The molecule has 2 aliphatic rings. The lowest BCUT2D eigenvalue weighted by atomic mass is 10.2. The van der Waals surface area contributed by atoms with E-state index in [0.29, 0.717) is 30.7 Å². The van der Waals surface area contributed by atoms with E-state index in [9.17, 15) is 8.42 Å². The second kappa shape index (κ2) is 5.64. The summed E-state index contributed by atoms with van der Waals surface area (Å²) in [7, 11) is -3.44. The normalized spacial score (nSPS) is 20.4. The van der Waals surface area contributed by atoms with Crippen LogP contribution in [0.3, 0.4) is 0 Å². The van der Waals surface area contributed by atoms with E-state index in [1.165, 1.54) is 17.1 Å². The van der Waals surface area contributed by atoms with Gasteiger partial charge in [-0.15, -0.1) is 0 Å². The van der Waals surface area contributed by atoms with E-state index < -0.39 is 10.0 Å². The van der Waals surface area contributed by atoms with Crippen molar-refractivity contribution in [2.75, 3.05) is 13.1 Å². The van der Waals surface area contributed by atoms with Gasteiger partial charge in [-0.05, 0) is 43.4 Å². The molecule has 1 aromatic carbocycles. The van der Waals surface area contributed by atoms with Gasteiger partial charge in [-0.25, -0.2) is 8.42 Å². The standard InChI is InChI=1S/C14H19ClN2O2S/c15-13-6-3-11(10-16-12-4-5-12)9-14(13)20(18,19)17-7-1-2-8-17/h3,6,9,12,16H,1-2,4-5,7-8,10H2. The average molecular weight is 315 g/mol. The molecule has 0 amide bonds. The van der Waals surface area contributed by atoms with Gasteiger partial charge < -0.3 is 5.32 Å². The highest BCUT2D eigenvalue weighted by molar-refractivity contribution is 7.89. The van der Waals surface area contributed by atoms with Crippen LogP contribution in [0.5, 0.6) is 0 Å². The van der Waals surface area contributed by atoms with Crippen molar-refractivity contribution in [3.63, 3.8) is 0 Å². The largest absolute Gasteiger partial charge is 0.310 e. The molecule has 0 bridgehead atoms. The first kappa shape index (κ1) is 14.3. The van der Waals surface area contributed by atoms with Gasteiger partial charge in [-0.1, -0.05) is 17.7 Å². The van der Waals surface area contributed by atoms with Gasteiger partial charge in [0, 0.05) is 25.7 Å². The molecule has 0 unspecified atom stereocenters. The van der Waals surface area contributed by atoms with Crippen molar-refractivity contribution in [3.05, 3.63) is 28.8 Å². The zero-order valence-electron chi connectivity index (χ0n) is 11.3. The lowest BCUT2D eigenvalue weighted by Crippen LogP contribution is -2.28. The third-order valence-corrected chi connectivity index (χ3v) is 6.23. The lowest BCUT2D eigenvalue weighted by Gasteiger charge is -2.17. The molecule has 20 heavy (non-hydrogen) atoms. The van der Waals surface area contributed by atoms with Crippen molar-refractivity contribution in [1.82, 2.24) is 9.62 Å². The van der Waals surface area contributed by atoms with Crippen molar-refractivity contribution in [3.8, 4) is 0 Å². The molecule has 0 spiro atoms. The minimum atomic E-state index is -3.44. The molecule has 1 aliphatic heterocycles. The summed E-state index contributed by atoms with van der Waals surface area (Å²) < 4.78 is 26.7. The van der Waals surface area contributed by atoms with E-state index in [0.717, 1.165) is 18.4 Å². The molecule has 0 atom stereocenters. The maximum atomic E-state index is 12.6. The Hall–Kier alpha value is -0.620. The number of halogens is 1. The van der Waals surface area contributed by atoms with Crippen LogP contribution in [0.4, 0.5) is 0 Å². The van der Waals surface area contributed by atoms with Gasteiger partial charge in [-0.3, -0.25) is 0 Å². The average Bonchev–Trinajstić information content (AvgIpc) is 3.08. The molecule has 110 valence electrons. The van der Waals surface area contributed by atoms with Gasteiger partial charge in [0.2, 0.25) is 10.0 Å². The fourth-order valence-electron chi connectivity index (χ4n) is 2.47. The van der Waals surface area contributed by atoms with Gasteiger partial charge in [0.15, 0.2) is 0 Å². The first-order chi connectivity index (χ1) is 9.57. The number of rotatable bonds is 5. The van der Waals surface area contributed by atoms with Crippen LogP contribution in [0.2, 0.25) is 5.02 Å². The van der Waals surface area contributed by atoms with E-state index in [4.69, 9.17) is 11.6 Å². The maximum absolute atomic E-state index is 12.6. The fraction of sp³-hybridized carbons (Fsp3) is 0.571. The first-order valence-electron chi connectivity index (χ1n) is 7.09. The Morgan fingerprint density at radius 2 is 1.95 bits per heavy atom. The SMILES string of the molecule is O=S(=O)(c1cc(CNC2CC2)ccc1Cl)N1CCCC1. The van der Waals surface area contributed by atoms with Crippen molar-refractivity contribution in [2.24, 2.45) is 0 Å². The van der Waals surface area contributed by atoms with Crippen LogP contribution in [0, 0.1) is 0 Å². The highest BCUT2D eigenvalue weighted by Gasteiger charge is 2.29. The number of benzene rings is 1. The quantitative estimate of drug-likeness (QED) is 0.908. The Morgan fingerprint density at radius 3 is 2.60 bits per heavy atom. The topological polar surface area (TPSA) is 49.4 Å². The Bertz CT molecular complexity index is 593. The van der Waals surface area contributed by atoms with Crippen molar-refractivity contribution in [1.29, 1.82) is 0 Å². The molecule has 1 N–H and O–H groups in total. The van der Waals surface area contributed by atoms with E-state index in [1.807, 2.05) is 6.07 Å². The number of hydrogen-bond acceptors (Lipinski definition) is 3. The molecule has 6 heteroatoms. The van der Waals surface area contributed by atoms with Gasteiger partial charge in [0.05, 0.1) is 5.02 Å². The Morgan fingerprint density at radius 1 is 1.25 bits per heavy atom. The number of hydrogen-bond donors (Lipinski definition) is 1. The summed E-state index contributed by atoms with van der Waals surface area (Å²) in [6, 6.07) is 5.89. The molecule has 1 aliphatic carbocycles. The second-order valence-electron chi connectivity index (χ2n) is 5.53. The summed E-state index contributed by atoms with van der Waals surface area (Å²) in [5.41, 5.74) is 0.971. The fourth-order valence-corrected chi connectivity index (χ4v) is 4.51. The summed E-state index contributed by atoms with van der Waals surface area (Å²) in [5, 5.41) is 3.70. The molecular formula is C14H19ClN2O2S. The van der Waals surface area contributed by atoms with Crippen LogP contribution in [0.25, 0.3) is 0 Å². The van der Waals surface area contributed by atoms with Crippen LogP contribution < -0.4 is 5.32 Å². The van der Waals surface area contributed by atoms with Crippen molar-refractivity contribution < 1.29 is 8.42 Å². The maximum Gasteiger partial charge on any atom is 0.244 e. The smallest absolute Gasteiger partial charge is 0.244 e. The van der Waals surface area contributed by atoms with Crippen LogP contribution >= 0.6 is 11.6 Å². The molecule has 1 saturated carbocycles. The van der Waals surface area contributed by atoms with E-state index >= 15 is 0 Å². The molecule has 1 saturated heterocycles. The molecule has 4 nitrogen and oxygen atoms in total. The first-order valence-corrected chi connectivity index (χ1v) is 8.91. The van der Waals surface area contributed by atoms with Gasteiger partial charge in [-0.2, -0.15) is 4.31 Å². The van der Waals surface area contributed by atoms with Crippen molar-refractivity contribution in [2.45, 2.75) is 43.2 Å². The minimum Gasteiger partial charge on any atom is -0.310 e. The second-order valence-corrected chi connectivity index (χ2v) is 7.84. The summed E-state index contributed by atoms with van der Waals surface area (Å²) in [4.78, 5) is 0.246. The Kier molecular flexibility index (Phi) is 4.04.